The van der Waals surface area contributed by atoms with Crippen LogP contribution < -0.4 is 16.0 Å². The molecule has 2 rings (SSSR count). The number of amides is 1. The van der Waals surface area contributed by atoms with Crippen molar-refractivity contribution in [2.75, 3.05) is 25.0 Å². The molecule has 0 saturated carbocycles. The molecule has 0 bridgehead atoms. The number of nitrogens with one attached hydrogen (secondary N) is 1. The number of hydrogen-bond donors (Lipinski definition) is 2. The maximum atomic E-state index is 11.8. The molecule has 20 heavy (non-hydrogen) atoms. The van der Waals surface area contributed by atoms with E-state index >= 15 is 0 Å². The number of hydrogen-bond acceptors (Lipinski definition) is 3. The van der Waals surface area contributed by atoms with Crippen LogP contribution in [0.3, 0.4) is 0 Å². The lowest BCUT2D eigenvalue weighted by Gasteiger charge is -2.34. The molecule has 0 spiro atoms. The largest absolute Gasteiger partial charge is 0.370 e. The molecule has 5 heteroatoms. The van der Waals surface area contributed by atoms with Crippen LogP contribution in [-0.2, 0) is 4.79 Å². The van der Waals surface area contributed by atoms with Crippen molar-refractivity contribution in [3.8, 4) is 0 Å². The van der Waals surface area contributed by atoms with Crippen LogP contribution in [-0.4, -0.2) is 26.0 Å². The van der Waals surface area contributed by atoms with E-state index in [-0.39, 0.29) is 17.9 Å². The number of nitrogens with zero attached hydrogens (tertiary/aromatic N) is 1. The van der Waals surface area contributed by atoms with E-state index in [0.717, 1.165) is 41.7 Å². The van der Waals surface area contributed by atoms with Crippen LogP contribution >= 0.6 is 15.9 Å². The van der Waals surface area contributed by atoms with Gasteiger partial charge in [0.15, 0.2) is 0 Å². The highest BCUT2D eigenvalue weighted by Gasteiger charge is 2.26. The van der Waals surface area contributed by atoms with E-state index in [1.54, 1.807) is 7.05 Å². The molecular weight excluding hydrogens is 318 g/mol. The molecule has 0 aromatic heterocycles. The van der Waals surface area contributed by atoms with Gasteiger partial charge in [-0.1, -0.05) is 6.07 Å². The summed E-state index contributed by atoms with van der Waals surface area (Å²) in [5.41, 5.74) is 8.16. The van der Waals surface area contributed by atoms with Crippen LogP contribution in [0, 0.1) is 5.92 Å². The molecule has 1 aliphatic rings. The van der Waals surface area contributed by atoms with Crippen molar-refractivity contribution in [2.45, 2.75) is 25.8 Å². The molecule has 110 valence electrons. The SMILES string of the molecule is CNC(=O)C1CCCN(c2ccc(C(C)N)cc2Br)C1. The Hall–Kier alpha value is -1.07. The average molecular weight is 340 g/mol. The fraction of sp³-hybridized carbons (Fsp3) is 0.533. The standard InChI is InChI=1S/C15H22BrN3O/c1-10(17)11-5-6-14(13(16)8-11)19-7-3-4-12(9-19)15(20)18-2/h5-6,8,10,12H,3-4,7,9,17H2,1-2H3,(H,18,20). The first kappa shape index (κ1) is 15.3. The van der Waals surface area contributed by atoms with Crippen LogP contribution in [0.2, 0.25) is 0 Å². The van der Waals surface area contributed by atoms with E-state index in [4.69, 9.17) is 5.73 Å². The van der Waals surface area contributed by atoms with E-state index in [2.05, 4.69) is 44.3 Å². The van der Waals surface area contributed by atoms with E-state index in [1.807, 2.05) is 6.92 Å². The molecule has 2 atom stereocenters. The summed E-state index contributed by atoms with van der Waals surface area (Å²) in [5, 5.41) is 2.75. The fourth-order valence-corrected chi connectivity index (χ4v) is 3.32. The van der Waals surface area contributed by atoms with Crippen molar-refractivity contribution >= 4 is 27.5 Å². The minimum absolute atomic E-state index is 0.0281. The lowest BCUT2D eigenvalue weighted by molar-refractivity contribution is -0.124. The van der Waals surface area contributed by atoms with Gasteiger partial charge in [-0.15, -0.1) is 0 Å². The highest BCUT2D eigenvalue weighted by molar-refractivity contribution is 9.10. The van der Waals surface area contributed by atoms with E-state index in [9.17, 15) is 4.79 Å². The zero-order valence-corrected chi connectivity index (χ0v) is 13.6. The maximum Gasteiger partial charge on any atom is 0.224 e. The highest BCUT2D eigenvalue weighted by atomic mass is 79.9. The lowest BCUT2D eigenvalue weighted by atomic mass is 9.96. The number of carbonyl (C=O) groups is 1. The van der Waals surface area contributed by atoms with Crippen molar-refractivity contribution < 1.29 is 4.79 Å². The summed E-state index contributed by atoms with van der Waals surface area (Å²) in [6.07, 6.45) is 2.01. The summed E-state index contributed by atoms with van der Waals surface area (Å²) in [7, 11) is 1.70. The Bertz CT molecular complexity index is 490. The molecule has 1 amide bonds. The van der Waals surface area contributed by atoms with Crippen molar-refractivity contribution in [1.82, 2.24) is 5.32 Å². The van der Waals surface area contributed by atoms with Gasteiger partial charge in [0.25, 0.3) is 0 Å². The Morgan fingerprint density at radius 2 is 2.30 bits per heavy atom. The second-order valence-corrected chi connectivity index (χ2v) is 6.25. The van der Waals surface area contributed by atoms with Crippen molar-refractivity contribution in [3.63, 3.8) is 0 Å². The van der Waals surface area contributed by atoms with Gasteiger partial charge in [-0.25, -0.2) is 0 Å². The van der Waals surface area contributed by atoms with Crippen molar-refractivity contribution in [3.05, 3.63) is 28.2 Å². The molecule has 2 unspecified atom stereocenters. The molecule has 1 saturated heterocycles. The molecule has 1 fully saturated rings. The Kier molecular flexibility index (Phi) is 5.05. The van der Waals surface area contributed by atoms with Crippen molar-refractivity contribution in [2.24, 2.45) is 11.7 Å². The monoisotopic (exact) mass is 339 g/mol. The van der Waals surface area contributed by atoms with Gasteiger partial charge in [-0.05, 0) is 53.4 Å². The van der Waals surface area contributed by atoms with Gasteiger partial charge in [0, 0.05) is 30.7 Å². The quantitative estimate of drug-likeness (QED) is 0.889. The summed E-state index contributed by atoms with van der Waals surface area (Å²) in [6, 6.07) is 6.26. The topological polar surface area (TPSA) is 58.4 Å². The van der Waals surface area contributed by atoms with E-state index in [1.165, 1.54) is 0 Å². The Morgan fingerprint density at radius 1 is 1.55 bits per heavy atom. The number of anilines is 1. The Labute approximate surface area is 128 Å². The fourth-order valence-electron chi connectivity index (χ4n) is 2.68. The number of nitrogens with two attached hydrogens (primary N) is 1. The minimum atomic E-state index is 0.0281. The second-order valence-electron chi connectivity index (χ2n) is 5.40. The van der Waals surface area contributed by atoms with Crippen LogP contribution in [0.4, 0.5) is 5.69 Å². The third kappa shape index (κ3) is 3.33. The molecule has 3 N–H and O–H groups in total. The normalized spacial score (nSPS) is 20.6. The van der Waals surface area contributed by atoms with Gasteiger partial charge in [-0.3, -0.25) is 4.79 Å². The van der Waals surface area contributed by atoms with Gasteiger partial charge in [-0.2, -0.15) is 0 Å². The van der Waals surface area contributed by atoms with Crippen LogP contribution in [0.5, 0.6) is 0 Å². The first-order valence-electron chi connectivity index (χ1n) is 7.04. The smallest absolute Gasteiger partial charge is 0.224 e. The number of piperidine rings is 1. The minimum Gasteiger partial charge on any atom is -0.370 e. The van der Waals surface area contributed by atoms with Crippen LogP contribution in [0.15, 0.2) is 22.7 Å². The molecule has 0 aliphatic carbocycles. The van der Waals surface area contributed by atoms with E-state index < -0.39 is 0 Å². The van der Waals surface area contributed by atoms with E-state index in [0.29, 0.717) is 0 Å². The molecule has 1 aromatic rings. The summed E-state index contributed by atoms with van der Waals surface area (Å²) >= 11 is 3.63. The number of rotatable bonds is 3. The number of benzene rings is 1. The summed E-state index contributed by atoms with van der Waals surface area (Å²) in [4.78, 5) is 14.1. The second kappa shape index (κ2) is 6.59. The Balaban J connectivity index is 2.17. The van der Waals surface area contributed by atoms with Gasteiger partial charge in [0.1, 0.15) is 0 Å². The third-order valence-corrected chi connectivity index (χ3v) is 4.51. The van der Waals surface area contributed by atoms with Gasteiger partial charge in [0.2, 0.25) is 5.91 Å². The lowest BCUT2D eigenvalue weighted by Crippen LogP contribution is -2.42. The summed E-state index contributed by atoms with van der Waals surface area (Å²) in [5.74, 6) is 0.215. The Morgan fingerprint density at radius 3 is 2.90 bits per heavy atom. The summed E-state index contributed by atoms with van der Waals surface area (Å²) < 4.78 is 1.05. The zero-order chi connectivity index (χ0) is 14.7. The van der Waals surface area contributed by atoms with Gasteiger partial charge >= 0.3 is 0 Å². The summed E-state index contributed by atoms with van der Waals surface area (Å²) in [6.45, 7) is 3.74. The highest BCUT2D eigenvalue weighted by Crippen LogP contribution is 2.32. The maximum absolute atomic E-state index is 11.8. The third-order valence-electron chi connectivity index (χ3n) is 3.88. The molecular formula is C15H22BrN3O. The number of halogens is 1. The predicted molar refractivity (Wildman–Crippen MR) is 85.7 cm³/mol. The average Bonchev–Trinajstić information content (AvgIpc) is 2.46. The van der Waals surface area contributed by atoms with Crippen LogP contribution in [0.1, 0.15) is 31.4 Å². The molecule has 4 nitrogen and oxygen atoms in total. The van der Waals surface area contributed by atoms with Gasteiger partial charge < -0.3 is 16.0 Å². The van der Waals surface area contributed by atoms with Crippen molar-refractivity contribution in [1.29, 1.82) is 0 Å². The van der Waals surface area contributed by atoms with Gasteiger partial charge in [0.05, 0.1) is 11.6 Å². The molecule has 1 heterocycles. The molecule has 1 aliphatic heterocycles. The zero-order valence-electron chi connectivity index (χ0n) is 12.0. The number of carbonyl (C=O) groups excluding carboxylic acids is 1. The van der Waals surface area contributed by atoms with Crippen LogP contribution in [0.25, 0.3) is 0 Å². The first-order valence-corrected chi connectivity index (χ1v) is 7.83. The first-order chi connectivity index (χ1) is 9.52. The predicted octanol–water partition coefficient (Wildman–Crippen LogP) is 2.43. The molecule has 1 aromatic carbocycles. The molecule has 0 radical (unpaired) electrons.